The fourth-order valence-corrected chi connectivity index (χ4v) is 24.1. The Morgan fingerprint density at radius 3 is 0.368 bits per heavy atom. The molecule has 5 aliphatic rings. The molecule has 0 spiro atoms. The van der Waals surface area contributed by atoms with Crippen molar-refractivity contribution in [2.75, 3.05) is 0 Å². The highest BCUT2D eigenvalue weighted by Crippen LogP contribution is 2.86. The van der Waals surface area contributed by atoms with Crippen molar-refractivity contribution in [3.8, 4) is 0 Å². The number of halogens is 6. The molecule has 0 saturated heterocycles. The zero-order valence-corrected chi connectivity index (χ0v) is 33.3. The van der Waals surface area contributed by atoms with Crippen molar-refractivity contribution in [1.82, 2.24) is 0 Å². The summed E-state index contributed by atoms with van der Waals surface area (Å²) in [6.07, 6.45) is -9.92. The van der Waals surface area contributed by atoms with Crippen LogP contribution in [0.15, 0.2) is 0 Å². The van der Waals surface area contributed by atoms with E-state index in [1.54, 1.807) is 0 Å². The summed E-state index contributed by atoms with van der Waals surface area (Å²) in [5.41, 5.74) is -5.24. The van der Waals surface area contributed by atoms with Crippen LogP contribution in [0.5, 0.6) is 0 Å². The van der Waals surface area contributed by atoms with Crippen LogP contribution in [0.3, 0.4) is 0 Å². The minimum Gasteiger partial charge on any atom is -0.169 e. The van der Waals surface area contributed by atoms with E-state index in [-0.39, 0.29) is 33.4 Å². The zero-order chi connectivity index (χ0) is 41.5. The summed E-state index contributed by atoms with van der Waals surface area (Å²) in [5, 5.41) is 54.0. The van der Waals surface area contributed by atoms with Crippen LogP contribution in [0.4, 0.5) is 26.3 Å². The minimum absolute atomic E-state index is 0.0580. The van der Waals surface area contributed by atoms with Gasteiger partial charge >= 0.3 is 12.4 Å². The predicted molar refractivity (Wildman–Crippen MR) is 264 cm³/mol. The van der Waals surface area contributed by atoms with Crippen LogP contribution in [-0.2, 0) is 10.8 Å². The first-order valence-electron chi connectivity index (χ1n) is 24.1. The van der Waals surface area contributed by atoms with E-state index in [4.69, 9.17) is 0 Å². The van der Waals surface area contributed by atoms with E-state index < -0.39 is 23.2 Å². The van der Waals surface area contributed by atoms with Gasteiger partial charge in [0.05, 0.1) is 0 Å². The van der Waals surface area contributed by atoms with Gasteiger partial charge in [0.15, 0.2) is 0 Å². The Bertz CT molecular complexity index is 6800. The SMILES string of the molecule is FC(F)(F)C12c3c4c5c6c7c8c9c%10c(c1c1c%11c2c2c%12c3c5c3c5c%12c%12c2c2c%11c%11c%13c1c%10c1c%10c9c9c7c7c6c3c3c5c5c%12c6c2c%11c2c(c%131)c1c%10c9c9c7c3c3c9c1c2c6c53)C48C(F)(F)F. The molecule has 0 saturated carbocycles. The maximum atomic E-state index is 18.5. The van der Waals surface area contributed by atoms with Crippen LogP contribution in [0, 0.1) is 0 Å². The first-order valence-corrected chi connectivity index (χ1v) is 24.1. The van der Waals surface area contributed by atoms with Crippen LogP contribution in [0.2, 0.25) is 0 Å². The molecule has 0 bridgehead atoms. The van der Waals surface area contributed by atoms with Crippen molar-refractivity contribution in [3.63, 3.8) is 0 Å². The van der Waals surface area contributed by atoms with Crippen molar-refractivity contribution in [2.24, 2.45) is 0 Å². The average molecular weight is 859 g/mol. The van der Waals surface area contributed by atoms with Crippen LogP contribution >= 0.6 is 0 Å². The summed E-state index contributed by atoms with van der Waals surface area (Å²) < 4.78 is 111. The number of hydrogen-bond acceptors (Lipinski definition) is 0. The van der Waals surface area contributed by atoms with E-state index in [2.05, 4.69) is 0 Å². The monoisotopic (exact) mass is 858 g/mol. The lowest BCUT2D eigenvalue weighted by Gasteiger charge is -2.49. The van der Waals surface area contributed by atoms with Gasteiger partial charge < -0.3 is 0 Å². The van der Waals surface area contributed by atoms with E-state index in [9.17, 15) is 0 Å². The van der Waals surface area contributed by atoms with Gasteiger partial charge in [0, 0.05) is 0 Å². The number of rotatable bonds is 0. The highest BCUT2D eigenvalue weighted by Gasteiger charge is 2.78. The standard InChI is InChI=1S/C62F6/c63-61(64,65)59-53-45-36-29-16-9-3-4-6-2-1-5(3)14(16)20-18-7(1)11-8(2)19-21-15(6)17-10(4)13-12(9)23-31-24(13)33-30(17)37-35(21)39-26(19)28-22(11)27-25(18)38(34(20)36)49(53)51-40(27)41(28)52-50(39)54-46(37)43(33)48-44(31)47(42(45)32(23)29)55(59)56(48)60(54,62(66,67)68)58(52)57(51)59. The molecular formula is C62F6. The fraction of sp³-hybridized carbons (Fsp3) is 0.0645. The minimum atomic E-state index is -4.96. The highest BCUT2D eigenvalue weighted by molar-refractivity contribution is 6.81. The van der Waals surface area contributed by atoms with Gasteiger partial charge in [-0.05, 0) is 313 Å². The molecule has 68 heavy (non-hydrogen) atoms. The fourth-order valence-electron chi connectivity index (χ4n) is 24.1. The van der Waals surface area contributed by atoms with Gasteiger partial charge in [-0.15, -0.1) is 0 Å². The smallest absolute Gasteiger partial charge is 0.169 e. The van der Waals surface area contributed by atoms with Gasteiger partial charge in [-0.3, -0.25) is 0 Å². The van der Waals surface area contributed by atoms with Crippen LogP contribution in [0.25, 0.3) is 280 Å². The van der Waals surface area contributed by atoms with Gasteiger partial charge in [0.2, 0.25) is 0 Å². The number of benzene rings is 17. The second kappa shape index (κ2) is 5.51. The van der Waals surface area contributed by atoms with Crippen molar-refractivity contribution < 1.29 is 26.3 Å². The molecule has 27 aromatic carbocycles. The molecule has 0 heterocycles. The van der Waals surface area contributed by atoms with Crippen molar-refractivity contribution >= 4 is 280 Å². The molecule has 0 aliphatic heterocycles. The third-order valence-electron chi connectivity index (χ3n) is 24.1. The third kappa shape index (κ3) is 1.29. The lowest BCUT2D eigenvalue weighted by atomic mass is 9.53. The van der Waals surface area contributed by atoms with Crippen molar-refractivity contribution in [1.29, 1.82) is 0 Å². The van der Waals surface area contributed by atoms with Crippen LogP contribution in [0.1, 0.15) is 33.4 Å². The summed E-state index contributed by atoms with van der Waals surface area (Å²) in [5.74, 6) is 0. The molecule has 0 fully saturated rings. The number of alkyl halides is 6. The van der Waals surface area contributed by atoms with Crippen LogP contribution in [-0.4, -0.2) is 12.4 Å². The van der Waals surface area contributed by atoms with E-state index in [0.29, 0.717) is 48.5 Å². The van der Waals surface area contributed by atoms with Crippen molar-refractivity contribution in [3.05, 3.63) is 33.4 Å². The molecule has 0 radical (unpaired) electrons. The van der Waals surface area contributed by atoms with Gasteiger partial charge in [-0.25, -0.2) is 0 Å². The van der Waals surface area contributed by atoms with Crippen LogP contribution < -0.4 is 0 Å². The quantitative estimate of drug-likeness (QED) is 0.105. The summed E-state index contributed by atoms with van der Waals surface area (Å²) in [7, 11) is 0. The molecule has 32 rings (SSSR count). The largest absolute Gasteiger partial charge is 0.406 e. The van der Waals surface area contributed by atoms with E-state index in [1.807, 2.05) is 0 Å². The molecule has 0 N–H and O–H groups in total. The van der Waals surface area contributed by atoms with E-state index in [0.717, 1.165) is 118 Å². The Morgan fingerprint density at radius 1 is 0.132 bits per heavy atom. The molecule has 2 unspecified atom stereocenters. The van der Waals surface area contributed by atoms with Gasteiger partial charge in [0.25, 0.3) is 0 Å². The topological polar surface area (TPSA) is 0 Å². The second-order valence-corrected chi connectivity index (χ2v) is 24.2. The molecule has 0 aromatic heterocycles. The Hall–Kier alpha value is -7.96. The molecule has 27 aromatic rings. The predicted octanol–water partition coefficient (Wildman–Crippen LogP) is 18.1. The molecule has 5 aliphatic carbocycles. The van der Waals surface area contributed by atoms with E-state index >= 15 is 26.3 Å². The molecule has 0 amide bonds. The maximum absolute atomic E-state index is 18.5. The average Bonchev–Trinajstić information content (AvgIpc) is 4.20. The summed E-state index contributed by atoms with van der Waals surface area (Å²) >= 11 is 0. The van der Waals surface area contributed by atoms with Gasteiger partial charge in [-0.2, -0.15) is 26.3 Å². The van der Waals surface area contributed by atoms with Crippen molar-refractivity contribution in [2.45, 2.75) is 23.2 Å². The maximum Gasteiger partial charge on any atom is 0.406 e. The van der Waals surface area contributed by atoms with E-state index in [1.165, 1.54) is 113 Å². The second-order valence-electron chi connectivity index (χ2n) is 24.2. The Balaban J connectivity index is 1.27. The summed E-state index contributed by atoms with van der Waals surface area (Å²) in [6.45, 7) is 0. The molecule has 2 atom stereocenters. The molecule has 0 nitrogen and oxygen atoms in total. The Morgan fingerprint density at radius 2 is 0.221 bits per heavy atom. The molecular weight excluding hydrogens is 859 g/mol. The zero-order valence-electron chi connectivity index (χ0n) is 33.3. The third-order valence-corrected chi connectivity index (χ3v) is 24.1. The van der Waals surface area contributed by atoms with Gasteiger partial charge in [0.1, 0.15) is 10.8 Å². The lowest BCUT2D eigenvalue weighted by Crippen LogP contribution is -2.55. The first-order chi connectivity index (χ1) is 33.2. The number of hydrogen-bond donors (Lipinski definition) is 0. The molecule has 6 heteroatoms. The Labute approximate surface area is 361 Å². The first kappa shape index (κ1) is 25.8. The Kier molecular flexibility index (Phi) is 2.09. The molecule has 290 valence electrons. The lowest BCUT2D eigenvalue weighted by molar-refractivity contribution is -0.178. The summed E-state index contributed by atoms with van der Waals surface area (Å²) in [6, 6.07) is 0. The van der Waals surface area contributed by atoms with Gasteiger partial charge in [-0.1, -0.05) is 0 Å². The highest BCUT2D eigenvalue weighted by atomic mass is 19.4. The summed E-state index contributed by atoms with van der Waals surface area (Å²) in [4.78, 5) is 0. The normalized spacial score (nSPS) is 22.7.